The van der Waals surface area contributed by atoms with Gasteiger partial charge in [0.05, 0.1) is 11.4 Å². The van der Waals surface area contributed by atoms with Crippen LogP contribution in [0.25, 0.3) is 0 Å². The van der Waals surface area contributed by atoms with Crippen LogP contribution in [0, 0.1) is 6.92 Å². The molecule has 0 heterocycles. The summed E-state index contributed by atoms with van der Waals surface area (Å²) in [7, 11) is 0. The zero-order valence-corrected chi connectivity index (χ0v) is 16.3. The number of alkyl halides is 2. The quantitative estimate of drug-likeness (QED) is 0.451. The van der Waals surface area contributed by atoms with E-state index in [4.69, 9.17) is 0 Å². The van der Waals surface area contributed by atoms with Crippen LogP contribution in [-0.4, -0.2) is 29.1 Å². The van der Waals surface area contributed by atoms with Gasteiger partial charge in [-0.2, -0.15) is 20.5 Å². The molecule has 0 aliphatic heterocycles. The molecule has 8 heteroatoms. The van der Waals surface area contributed by atoms with Crippen molar-refractivity contribution in [3.05, 3.63) is 54.1 Å². The SMILES string of the molecule is Cc1ccc(NC(=O)CSCCC(=O)Nc2ccccc2SC(F)F)cc1. The van der Waals surface area contributed by atoms with Crippen molar-refractivity contribution in [1.82, 2.24) is 0 Å². The summed E-state index contributed by atoms with van der Waals surface area (Å²) in [5.74, 6) is -2.27. The summed E-state index contributed by atoms with van der Waals surface area (Å²) in [6.45, 7) is 1.97. The number of thioether (sulfide) groups is 2. The van der Waals surface area contributed by atoms with E-state index >= 15 is 0 Å². The van der Waals surface area contributed by atoms with Crippen LogP contribution < -0.4 is 10.6 Å². The molecule has 0 saturated heterocycles. The monoisotopic (exact) mass is 410 g/mol. The van der Waals surface area contributed by atoms with Gasteiger partial charge < -0.3 is 10.6 Å². The zero-order chi connectivity index (χ0) is 19.6. The second-order valence-corrected chi connectivity index (χ2v) is 7.78. The number of aryl methyl sites for hydroxylation is 1. The van der Waals surface area contributed by atoms with Gasteiger partial charge >= 0.3 is 0 Å². The Morgan fingerprint density at radius 2 is 1.70 bits per heavy atom. The van der Waals surface area contributed by atoms with E-state index in [0.717, 1.165) is 11.3 Å². The molecule has 0 unspecified atom stereocenters. The number of nitrogens with one attached hydrogen (secondary N) is 2. The molecular weight excluding hydrogens is 390 g/mol. The highest BCUT2D eigenvalue weighted by Gasteiger charge is 2.12. The predicted octanol–water partition coefficient (Wildman–Crippen LogP) is 5.01. The molecular formula is C19H20F2N2O2S2. The third-order valence-electron chi connectivity index (χ3n) is 3.42. The average molecular weight is 411 g/mol. The van der Waals surface area contributed by atoms with Crippen LogP contribution in [0.1, 0.15) is 12.0 Å². The van der Waals surface area contributed by atoms with Crippen molar-refractivity contribution >= 4 is 46.7 Å². The van der Waals surface area contributed by atoms with Crippen molar-refractivity contribution in [2.75, 3.05) is 22.1 Å². The van der Waals surface area contributed by atoms with Crippen molar-refractivity contribution in [3.8, 4) is 0 Å². The smallest absolute Gasteiger partial charge is 0.288 e. The fourth-order valence-electron chi connectivity index (χ4n) is 2.15. The lowest BCUT2D eigenvalue weighted by atomic mass is 10.2. The van der Waals surface area contributed by atoms with E-state index in [-0.39, 0.29) is 24.0 Å². The standard InChI is InChI=1S/C19H20F2N2O2S2/c1-13-6-8-14(9-7-13)22-18(25)12-26-11-10-17(24)23-15-4-2-3-5-16(15)27-19(20)21/h2-9,19H,10-12H2,1H3,(H,22,25)(H,23,24). The van der Waals surface area contributed by atoms with Gasteiger partial charge in [-0.1, -0.05) is 41.6 Å². The number of hydrogen-bond donors (Lipinski definition) is 2. The first-order valence-electron chi connectivity index (χ1n) is 8.22. The Balaban J connectivity index is 1.70. The number of rotatable bonds is 9. The average Bonchev–Trinajstić information content (AvgIpc) is 2.62. The van der Waals surface area contributed by atoms with Gasteiger partial charge in [-0.3, -0.25) is 9.59 Å². The summed E-state index contributed by atoms with van der Waals surface area (Å²) in [5, 5.41) is 5.43. The lowest BCUT2D eigenvalue weighted by molar-refractivity contribution is -0.116. The van der Waals surface area contributed by atoms with Crippen molar-refractivity contribution in [3.63, 3.8) is 0 Å². The van der Waals surface area contributed by atoms with Gasteiger partial charge in [0.2, 0.25) is 11.8 Å². The topological polar surface area (TPSA) is 58.2 Å². The van der Waals surface area contributed by atoms with E-state index in [2.05, 4.69) is 10.6 Å². The maximum atomic E-state index is 12.5. The Morgan fingerprint density at radius 3 is 2.41 bits per heavy atom. The fourth-order valence-corrected chi connectivity index (χ4v) is 3.47. The lowest BCUT2D eigenvalue weighted by Crippen LogP contribution is -2.16. The maximum Gasteiger partial charge on any atom is 0.288 e. The van der Waals surface area contributed by atoms with Gasteiger partial charge in [0, 0.05) is 22.8 Å². The molecule has 2 rings (SSSR count). The van der Waals surface area contributed by atoms with Crippen molar-refractivity contribution < 1.29 is 18.4 Å². The Kier molecular flexibility index (Phi) is 8.60. The molecule has 0 radical (unpaired) electrons. The first kappa shape index (κ1) is 21.2. The number of anilines is 2. The Morgan fingerprint density at radius 1 is 1.00 bits per heavy atom. The first-order chi connectivity index (χ1) is 12.9. The number of hydrogen-bond acceptors (Lipinski definition) is 4. The number of para-hydroxylation sites is 1. The van der Waals surface area contributed by atoms with E-state index in [9.17, 15) is 18.4 Å². The van der Waals surface area contributed by atoms with Gasteiger partial charge in [0.1, 0.15) is 0 Å². The van der Waals surface area contributed by atoms with Gasteiger partial charge in [-0.05, 0) is 31.2 Å². The largest absolute Gasteiger partial charge is 0.325 e. The molecule has 0 fully saturated rings. The van der Waals surface area contributed by atoms with Crippen molar-refractivity contribution in [1.29, 1.82) is 0 Å². The summed E-state index contributed by atoms with van der Waals surface area (Å²) >= 11 is 1.73. The predicted molar refractivity (Wildman–Crippen MR) is 109 cm³/mol. The molecule has 2 N–H and O–H groups in total. The van der Waals surface area contributed by atoms with Crippen LogP contribution in [0.4, 0.5) is 20.2 Å². The minimum absolute atomic E-state index is 0.136. The van der Waals surface area contributed by atoms with Crippen LogP contribution in [0.15, 0.2) is 53.4 Å². The van der Waals surface area contributed by atoms with Crippen LogP contribution in [-0.2, 0) is 9.59 Å². The minimum atomic E-state index is -2.55. The number of carbonyl (C=O) groups is 2. The third-order valence-corrected chi connectivity index (χ3v) is 5.17. The molecule has 2 aromatic rings. The summed E-state index contributed by atoms with van der Waals surface area (Å²) in [4.78, 5) is 24.2. The van der Waals surface area contributed by atoms with Gasteiger partial charge in [0.15, 0.2) is 0 Å². The highest BCUT2D eigenvalue weighted by atomic mass is 32.2. The van der Waals surface area contributed by atoms with Gasteiger partial charge in [-0.15, -0.1) is 0 Å². The highest BCUT2D eigenvalue weighted by molar-refractivity contribution is 8.00. The lowest BCUT2D eigenvalue weighted by Gasteiger charge is -2.10. The number of carbonyl (C=O) groups excluding carboxylic acids is 2. The molecule has 27 heavy (non-hydrogen) atoms. The third kappa shape index (κ3) is 8.01. The van der Waals surface area contributed by atoms with E-state index in [1.807, 2.05) is 31.2 Å². The van der Waals surface area contributed by atoms with Crippen molar-refractivity contribution in [2.45, 2.75) is 24.0 Å². The van der Waals surface area contributed by atoms with E-state index in [0.29, 0.717) is 28.1 Å². The first-order valence-corrected chi connectivity index (χ1v) is 10.3. The van der Waals surface area contributed by atoms with E-state index < -0.39 is 5.76 Å². The van der Waals surface area contributed by atoms with Crippen molar-refractivity contribution in [2.24, 2.45) is 0 Å². The molecule has 0 spiro atoms. The summed E-state index contributed by atoms with van der Waals surface area (Å²) in [6, 6.07) is 13.9. The minimum Gasteiger partial charge on any atom is -0.325 e. The summed E-state index contributed by atoms with van der Waals surface area (Å²) in [6.07, 6.45) is 0.191. The number of benzene rings is 2. The molecule has 0 aromatic heterocycles. The normalized spacial score (nSPS) is 10.7. The summed E-state index contributed by atoms with van der Waals surface area (Å²) < 4.78 is 25.1. The van der Waals surface area contributed by atoms with Crippen LogP contribution in [0.2, 0.25) is 0 Å². The second-order valence-electron chi connectivity index (χ2n) is 5.64. The Hall–Kier alpha value is -2.06. The maximum absolute atomic E-state index is 12.5. The van der Waals surface area contributed by atoms with Gasteiger partial charge in [-0.25, -0.2) is 0 Å². The van der Waals surface area contributed by atoms with Crippen LogP contribution >= 0.6 is 23.5 Å². The van der Waals surface area contributed by atoms with E-state index in [1.165, 1.54) is 17.8 Å². The van der Waals surface area contributed by atoms with Crippen LogP contribution in [0.5, 0.6) is 0 Å². The van der Waals surface area contributed by atoms with Crippen LogP contribution in [0.3, 0.4) is 0 Å². The van der Waals surface area contributed by atoms with Gasteiger partial charge in [0.25, 0.3) is 5.76 Å². The number of halogens is 2. The molecule has 2 aromatic carbocycles. The molecule has 0 aliphatic carbocycles. The fraction of sp³-hybridized carbons (Fsp3) is 0.263. The molecule has 0 saturated carbocycles. The Labute approximate surface area is 165 Å². The second kappa shape index (κ2) is 10.9. The molecule has 4 nitrogen and oxygen atoms in total. The number of amides is 2. The molecule has 144 valence electrons. The Bertz CT molecular complexity index is 771. The van der Waals surface area contributed by atoms with E-state index in [1.54, 1.807) is 18.2 Å². The molecule has 0 bridgehead atoms. The summed E-state index contributed by atoms with van der Waals surface area (Å²) in [5.41, 5.74) is 2.22. The molecule has 0 aliphatic rings. The molecule has 0 atom stereocenters. The highest BCUT2D eigenvalue weighted by Crippen LogP contribution is 2.31. The molecule has 2 amide bonds. The zero-order valence-electron chi connectivity index (χ0n) is 14.7.